The first kappa shape index (κ1) is 14.1. The highest BCUT2D eigenvalue weighted by Crippen LogP contribution is 2.16. The summed E-state index contributed by atoms with van der Waals surface area (Å²) in [5.74, 6) is -0.466. The van der Waals surface area contributed by atoms with Crippen LogP contribution in [-0.4, -0.2) is 5.91 Å². The molecule has 0 fully saturated rings. The zero-order valence-electron chi connectivity index (χ0n) is 11.5. The van der Waals surface area contributed by atoms with Crippen molar-refractivity contribution < 1.29 is 9.18 Å². The van der Waals surface area contributed by atoms with E-state index < -0.39 is 0 Å². The lowest BCUT2D eigenvalue weighted by molar-refractivity contribution is 0.0940. The van der Waals surface area contributed by atoms with Gasteiger partial charge in [-0.25, -0.2) is 4.39 Å². The zero-order chi connectivity index (χ0) is 14.7. The number of halogens is 1. The third kappa shape index (κ3) is 3.15. The molecule has 104 valence electrons. The fourth-order valence-corrected chi connectivity index (χ4v) is 1.93. The van der Waals surface area contributed by atoms with Crippen molar-refractivity contribution in [2.45, 2.75) is 19.9 Å². The molecule has 2 rings (SSSR count). The number of nitrogen functional groups attached to an aromatic ring is 1. The van der Waals surface area contributed by atoms with E-state index in [4.69, 9.17) is 5.73 Å². The minimum atomic E-state index is -0.290. The highest BCUT2D eigenvalue weighted by atomic mass is 19.1. The van der Waals surface area contributed by atoms with E-state index in [-0.39, 0.29) is 17.8 Å². The van der Waals surface area contributed by atoms with Crippen molar-refractivity contribution in [1.29, 1.82) is 0 Å². The Labute approximate surface area is 117 Å². The second-order valence-corrected chi connectivity index (χ2v) is 4.82. The van der Waals surface area contributed by atoms with Gasteiger partial charge < -0.3 is 11.1 Å². The summed E-state index contributed by atoms with van der Waals surface area (Å²) in [5.41, 5.74) is 8.67. The number of amides is 1. The van der Waals surface area contributed by atoms with Crippen LogP contribution in [0.5, 0.6) is 0 Å². The van der Waals surface area contributed by atoms with Crippen LogP contribution in [0.25, 0.3) is 0 Å². The molecule has 2 aromatic rings. The van der Waals surface area contributed by atoms with Crippen LogP contribution in [0.1, 0.15) is 34.5 Å². The molecule has 1 amide bonds. The maximum absolute atomic E-state index is 12.9. The molecule has 0 aliphatic rings. The number of hydrogen-bond donors (Lipinski definition) is 2. The van der Waals surface area contributed by atoms with Crippen LogP contribution < -0.4 is 11.1 Å². The number of benzene rings is 2. The summed E-state index contributed by atoms with van der Waals surface area (Å²) in [6.07, 6.45) is 0. The molecule has 0 aromatic heterocycles. The van der Waals surface area contributed by atoms with Crippen LogP contribution in [0.2, 0.25) is 0 Å². The molecule has 20 heavy (non-hydrogen) atoms. The fourth-order valence-electron chi connectivity index (χ4n) is 1.93. The van der Waals surface area contributed by atoms with E-state index in [1.807, 2.05) is 13.8 Å². The second kappa shape index (κ2) is 5.74. The molecule has 2 aromatic carbocycles. The molecular weight excluding hydrogens is 255 g/mol. The third-order valence-corrected chi connectivity index (χ3v) is 3.25. The highest BCUT2D eigenvalue weighted by molar-refractivity contribution is 5.95. The summed E-state index contributed by atoms with van der Waals surface area (Å²) >= 11 is 0. The minimum absolute atomic E-state index is 0.176. The average molecular weight is 272 g/mol. The number of nitrogens with one attached hydrogen (secondary N) is 1. The quantitative estimate of drug-likeness (QED) is 0.843. The standard InChI is InChI=1S/C16H17FN2O/c1-10-9-13(5-8-15(10)18)16(20)19-11(2)12-3-6-14(17)7-4-12/h3-9,11H,18H2,1-2H3,(H,19,20). The Morgan fingerprint density at radius 3 is 2.45 bits per heavy atom. The van der Waals surface area contributed by atoms with Crippen LogP contribution in [0.15, 0.2) is 42.5 Å². The minimum Gasteiger partial charge on any atom is -0.399 e. The molecule has 0 saturated heterocycles. The SMILES string of the molecule is Cc1cc(C(=O)NC(C)c2ccc(F)cc2)ccc1N. The van der Waals surface area contributed by atoms with Crippen molar-refractivity contribution in [3.63, 3.8) is 0 Å². The van der Waals surface area contributed by atoms with E-state index in [9.17, 15) is 9.18 Å². The molecule has 1 atom stereocenters. The number of carbonyl (C=O) groups is 1. The summed E-state index contributed by atoms with van der Waals surface area (Å²) in [4.78, 5) is 12.1. The number of rotatable bonds is 3. The van der Waals surface area contributed by atoms with Gasteiger partial charge in [0.15, 0.2) is 0 Å². The largest absolute Gasteiger partial charge is 0.399 e. The van der Waals surface area contributed by atoms with E-state index >= 15 is 0 Å². The Hall–Kier alpha value is -2.36. The van der Waals surface area contributed by atoms with Crippen LogP contribution in [0, 0.1) is 12.7 Å². The Bertz CT molecular complexity index is 623. The second-order valence-electron chi connectivity index (χ2n) is 4.82. The number of aryl methyl sites for hydroxylation is 1. The van der Waals surface area contributed by atoms with Gasteiger partial charge in [-0.3, -0.25) is 4.79 Å². The van der Waals surface area contributed by atoms with Crippen LogP contribution in [-0.2, 0) is 0 Å². The molecule has 0 radical (unpaired) electrons. The van der Waals surface area contributed by atoms with Gasteiger partial charge in [-0.1, -0.05) is 12.1 Å². The van der Waals surface area contributed by atoms with Gasteiger partial charge in [0.25, 0.3) is 5.91 Å². The molecule has 0 aliphatic heterocycles. The van der Waals surface area contributed by atoms with Crippen LogP contribution >= 0.6 is 0 Å². The molecule has 3 nitrogen and oxygen atoms in total. The molecule has 0 aliphatic carbocycles. The lowest BCUT2D eigenvalue weighted by Crippen LogP contribution is -2.26. The number of carbonyl (C=O) groups excluding carboxylic acids is 1. The van der Waals surface area contributed by atoms with Gasteiger partial charge in [-0.15, -0.1) is 0 Å². The van der Waals surface area contributed by atoms with Gasteiger partial charge in [-0.05, 0) is 55.3 Å². The van der Waals surface area contributed by atoms with Gasteiger partial charge in [-0.2, -0.15) is 0 Å². The Kier molecular flexibility index (Phi) is 4.03. The number of nitrogens with two attached hydrogens (primary N) is 1. The van der Waals surface area contributed by atoms with E-state index in [1.165, 1.54) is 12.1 Å². The highest BCUT2D eigenvalue weighted by Gasteiger charge is 2.12. The predicted octanol–water partition coefficient (Wildman–Crippen LogP) is 3.21. The van der Waals surface area contributed by atoms with E-state index in [0.29, 0.717) is 11.3 Å². The summed E-state index contributed by atoms with van der Waals surface area (Å²) < 4.78 is 12.9. The smallest absolute Gasteiger partial charge is 0.251 e. The summed E-state index contributed by atoms with van der Waals surface area (Å²) in [7, 11) is 0. The van der Waals surface area contributed by atoms with E-state index in [0.717, 1.165) is 11.1 Å². The van der Waals surface area contributed by atoms with Crippen LogP contribution in [0.3, 0.4) is 0 Å². The van der Waals surface area contributed by atoms with Gasteiger partial charge >= 0.3 is 0 Å². The maximum Gasteiger partial charge on any atom is 0.251 e. The molecular formula is C16H17FN2O. The molecule has 1 unspecified atom stereocenters. The molecule has 4 heteroatoms. The average Bonchev–Trinajstić information content (AvgIpc) is 2.42. The summed E-state index contributed by atoms with van der Waals surface area (Å²) in [5, 5.41) is 2.88. The molecule has 0 saturated carbocycles. The van der Waals surface area contributed by atoms with Gasteiger partial charge in [0.1, 0.15) is 5.82 Å². The van der Waals surface area contributed by atoms with Crippen molar-refractivity contribution in [3.05, 3.63) is 65.0 Å². The Morgan fingerprint density at radius 1 is 1.20 bits per heavy atom. The number of hydrogen-bond acceptors (Lipinski definition) is 2. The van der Waals surface area contributed by atoms with E-state index in [1.54, 1.807) is 30.3 Å². The lowest BCUT2D eigenvalue weighted by atomic mass is 10.1. The predicted molar refractivity (Wildman–Crippen MR) is 77.9 cm³/mol. The van der Waals surface area contributed by atoms with Crippen molar-refractivity contribution in [1.82, 2.24) is 5.32 Å². The van der Waals surface area contributed by atoms with E-state index in [2.05, 4.69) is 5.32 Å². The van der Waals surface area contributed by atoms with Crippen LogP contribution in [0.4, 0.5) is 10.1 Å². The van der Waals surface area contributed by atoms with Gasteiger partial charge in [0.2, 0.25) is 0 Å². The summed E-state index contributed by atoms with van der Waals surface area (Å²) in [6, 6.07) is 11.0. The summed E-state index contributed by atoms with van der Waals surface area (Å²) in [6.45, 7) is 3.71. The zero-order valence-corrected chi connectivity index (χ0v) is 11.5. The lowest BCUT2D eigenvalue weighted by Gasteiger charge is -2.15. The Balaban J connectivity index is 2.10. The molecule has 0 spiro atoms. The van der Waals surface area contributed by atoms with Crippen molar-refractivity contribution in [3.8, 4) is 0 Å². The first-order valence-electron chi connectivity index (χ1n) is 6.40. The van der Waals surface area contributed by atoms with Crippen molar-refractivity contribution >= 4 is 11.6 Å². The first-order chi connectivity index (χ1) is 9.47. The number of anilines is 1. The fraction of sp³-hybridized carbons (Fsp3) is 0.188. The normalized spacial score (nSPS) is 11.9. The Morgan fingerprint density at radius 2 is 1.85 bits per heavy atom. The molecule has 0 bridgehead atoms. The van der Waals surface area contributed by atoms with Gasteiger partial charge in [0, 0.05) is 11.3 Å². The molecule has 0 heterocycles. The third-order valence-electron chi connectivity index (χ3n) is 3.25. The molecule has 3 N–H and O–H groups in total. The topological polar surface area (TPSA) is 55.1 Å². The van der Waals surface area contributed by atoms with Crippen molar-refractivity contribution in [2.75, 3.05) is 5.73 Å². The van der Waals surface area contributed by atoms with Gasteiger partial charge in [0.05, 0.1) is 6.04 Å². The first-order valence-corrected chi connectivity index (χ1v) is 6.40. The monoisotopic (exact) mass is 272 g/mol. The maximum atomic E-state index is 12.9. The van der Waals surface area contributed by atoms with Crippen molar-refractivity contribution in [2.24, 2.45) is 0 Å².